The van der Waals surface area contributed by atoms with Crippen molar-refractivity contribution in [3.05, 3.63) is 53.0 Å². The number of aromatic nitrogens is 2. The Morgan fingerprint density at radius 2 is 2.22 bits per heavy atom. The van der Waals surface area contributed by atoms with Gasteiger partial charge in [-0.15, -0.1) is 11.3 Å². The van der Waals surface area contributed by atoms with Gasteiger partial charge in [0.15, 0.2) is 5.82 Å². The molecule has 0 fully saturated rings. The molecular formula is C16H14FN3O2S. The van der Waals surface area contributed by atoms with Crippen molar-refractivity contribution >= 4 is 23.1 Å². The van der Waals surface area contributed by atoms with Gasteiger partial charge < -0.3 is 9.84 Å². The lowest BCUT2D eigenvalue weighted by molar-refractivity contribution is -0.116. The van der Waals surface area contributed by atoms with Gasteiger partial charge in [0, 0.05) is 23.4 Å². The van der Waals surface area contributed by atoms with Crippen molar-refractivity contribution in [2.24, 2.45) is 0 Å². The summed E-state index contributed by atoms with van der Waals surface area (Å²) < 4.78 is 18.6. The Kier molecular flexibility index (Phi) is 4.47. The molecule has 2 aromatic heterocycles. The molecule has 3 aromatic rings. The number of rotatable bonds is 5. The number of anilines is 1. The van der Waals surface area contributed by atoms with E-state index < -0.39 is 0 Å². The summed E-state index contributed by atoms with van der Waals surface area (Å²) in [7, 11) is 0. The maximum atomic E-state index is 13.7. The molecule has 0 aliphatic heterocycles. The van der Waals surface area contributed by atoms with Crippen LogP contribution in [-0.4, -0.2) is 16.0 Å². The minimum atomic E-state index is -0.299. The van der Waals surface area contributed by atoms with E-state index in [0.29, 0.717) is 28.6 Å². The molecule has 0 aliphatic carbocycles. The van der Waals surface area contributed by atoms with Gasteiger partial charge >= 0.3 is 0 Å². The molecule has 0 radical (unpaired) electrons. The number of nitrogens with one attached hydrogen (secondary N) is 1. The molecule has 0 aliphatic rings. The molecule has 0 saturated heterocycles. The summed E-state index contributed by atoms with van der Waals surface area (Å²) in [6, 6.07) is 8.16. The van der Waals surface area contributed by atoms with Gasteiger partial charge in [0.25, 0.3) is 0 Å². The van der Waals surface area contributed by atoms with Gasteiger partial charge in [-0.1, -0.05) is 17.3 Å². The zero-order valence-electron chi connectivity index (χ0n) is 12.4. The van der Waals surface area contributed by atoms with Crippen LogP contribution in [0.1, 0.15) is 17.9 Å². The van der Waals surface area contributed by atoms with Crippen molar-refractivity contribution in [2.75, 3.05) is 5.32 Å². The molecular weight excluding hydrogens is 317 g/mol. The number of benzene rings is 1. The molecule has 23 heavy (non-hydrogen) atoms. The maximum absolute atomic E-state index is 13.7. The van der Waals surface area contributed by atoms with Gasteiger partial charge in [-0.2, -0.15) is 0 Å². The first-order valence-corrected chi connectivity index (χ1v) is 7.92. The van der Waals surface area contributed by atoms with E-state index in [-0.39, 0.29) is 18.1 Å². The van der Waals surface area contributed by atoms with Crippen LogP contribution in [0.25, 0.3) is 10.6 Å². The predicted octanol–water partition coefficient (Wildman–Crippen LogP) is 3.82. The smallest absolute Gasteiger partial charge is 0.226 e. The van der Waals surface area contributed by atoms with Crippen LogP contribution in [0.4, 0.5) is 10.2 Å². The lowest BCUT2D eigenvalue weighted by Gasteiger charge is -2.00. The lowest BCUT2D eigenvalue weighted by Crippen LogP contribution is -2.12. The summed E-state index contributed by atoms with van der Waals surface area (Å²) in [5.41, 5.74) is 1.24. The van der Waals surface area contributed by atoms with Crippen LogP contribution in [-0.2, 0) is 11.2 Å². The Labute approximate surface area is 136 Å². The number of amides is 1. The van der Waals surface area contributed by atoms with Crippen LogP contribution < -0.4 is 5.32 Å². The number of thiazole rings is 1. The normalized spacial score (nSPS) is 10.7. The molecule has 1 amide bonds. The topological polar surface area (TPSA) is 68.0 Å². The van der Waals surface area contributed by atoms with Gasteiger partial charge in [-0.05, 0) is 25.5 Å². The van der Waals surface area contributed by atoms with Crippen molar-refractivity contribution in [1.82, 2.24) is 10.1 Å². The molecule has 0 spiro atoms. The lowest BCUT2D eigenvalue weighted by atomic mass is 10.2. The quantitative estimate of drug-likeness (QED) is 0.772. The summed E-state index contributed by atoms with van der Waals surface area (Å²) in [6.45, 7) is 1.75. The monoisotopic (exact) mass is 331 g/mol. The summed E-state index contributed by atoms with van der Waals surface area (Å²) in [4.78, 5) is 16.2. The molecule has 5 nitrogen and oxygen atoms in total. The van der Waals surface area contributed by atoms with E-state index in [0.717, 1.165) is 5.69 Å². The first kappa shape index (κ1) is 15.4. The Hall–Kier alpha value is -2.54. The van der Waals surface area contributed by atoms with Gasteiger partial charge in [-0.3, -0.25) is 4.79 Å². The number of carbonyl (C=O) groups is 1. The zero-order valence-corrected chi connectivity index (χ0v) is 13.2. The van der Waals surface area contributed by atoms with E-state index in [2.05, 4.69) is 15.5 Å². The van der Waals surface area contributed by atoms with Crippen molar-refractivity contribution in [2.45, 2.75) is 19.8 Å². The highest BCUT2D eigenvalue weighted by molar-refractivity contribution is 7.13. The van der Waals surface area contributed by atoms with E-state index in [1.54, 1.807) is 31.2 Å². The third-order valence-electron chi connectivity index (χ3n) is 3.16. The van der Waals surface area contributed by atoms with Crippen molar-refractivity contribution in [3.8, 4) is 10.6 Å². The number of halogens is 1. The first-order valence-electron chi connectivity index (χ1n) is 7.04. The average Bonchev–Trinajstić information content (AvgIpc) is 3.15. The number of carbonyl (C=O) groups excluding carboxylic acids is 1. The van der Waals surface area contributed by atoms with Crippen LogP contribution in [0.3, 0.4) is 0 Å². The Morgan fingerprint density at radius 1 is 1.39 bits per heavy atom. The Balaban J connectivity index is 1.59. The molecule has 0 unspecified atom stereocenters. The highest BCUT2D eigenvalue weighted by atomic mass is 32.1. The van der Waals surface area contributed by atoms with E-state index >= 15 is 0 Å². The first-order chi connectivity index (χ1) is 11.1. The van der Waals surface area contributed by atoms with E-state index in [4.69, 9.17) is 4.52 Å². The second kappa shape index (κ2) is 6.70. The fourth-order valence-corrected chi connectivity index (χ4v) is 2.93. The van der Waals surface area contributed by atoms with Crippen molar-refractivity contribution in [1.29, 1.82) is 0 Å². The van der Waals surface area contributed by atoms with E-state index in [9.17, 15) is 9.18 Å². The molecule has 118 valence electrons. The zero-order chi connectivity index (χ0) is 16.2. The third-order valence-corrected chi connectivity index (χ3v) is 4.08. The number of hydrogen-bond donors (Lipinski definition) is 1. The van der Waals surface area contributed by atoms with Crippen LogP contribution >= 0.6 is 11.3 Å². The average molecular weight is 331 g/mol. The Bertz CT molecular complexity index is 828. The standard InChI is InChI=1S/C16H14FN3O2S/c1-10-8-14(20-22-10)19-15(21)7-6-11-9-23-16(18-11)12-4-2-3-5-13(12)17/h2-5,8-9H,6-7H2,1H3,(H,19,20,21). The summed E-state index contributed by atoms with van der Waals surface area (Å²) in [5.74, 6) is 0.568. The minimum absolute atomic E-state index is 0.168. The maximum Gasteiger partial charge on any atom is 0.226 e. The molecule has 0 bridgehead atoms. The third kappa shape index (κ3) is 3.81. The van der Waals surface area contributed by atoms with Crippen LogP contribution in [0, 0.1) is 12.7 Å². The van der Waals surface area contributed by atoms with Crippen molar-refractivity contribution < 1.29 is 13.7 Å². The van der Waals surface area contributed by atoms with Crippen LogP contribution in [0.2, 0.25) is 0 Å². The van der Waals surface area contributed by atoms with Crippen molar-refractivity contribution in [3.63, 3.8) is 0 Å². The Morgan fingerprint density at radius 3 is 2.96 bits per heavy atom. The molecule has 7 heteroatoms. The van der Waals surface area contributed by atoms with Crippen LogP contribution in [0.5, 0.6) is 0 Å². The second-order valence-electron chi connectivity index (χ2n) is 4.99. The summed E-state index contributed by atoms with van der Waals surface area (Å²) >= 11 is 1.37. The molecule has 3 rings (SSSR count). The largest absolute Gasteiger partial charge is 0.360 e. The number of hydrogen-bond acceptors (Lipinski definition) is 5. The fourth-order valence-electron chi connectivity index (χ4n) is 2.05. The SMILES string of the molecule is Cc1cc(NC(=O)CCc2csc(-c3ccccc3F)n2)no1. The molecule has 0 atom stereocenters. The molecule has 1 aromatic carbocycles. The fraction of sp³-hybridized carbons (Fsp3) is 0.188. The summed E-state index contributed by atoms with van der Waals surface area (Å²) in [5, 5.41) is 8.81. The summed E-state index contributed by atoms with van der Waals surface area (Å²) in [6.07, 6.45) is 0.750. The number of nitrogens with zero attached hydrogens (tertiary/aromatic N) is 2. The second-order valence-corrected chi connectivity index (χ2v) is 5.85. The molecule has 2 heterocycles. The molecule has 0 saturated carbocycles. The highest BCUT2D eigenvalue weighted by Gasteiger charge is 2.11. The van der Waals surface area contributed by atoms with Gasteiger partial charge in [0.2, 0.25) is 5.91 Å². The van der Waals surface area contributed by atoms with Gasteiger partial charge in [-0.25, -0.2) is 9.37 Å². The van der Waals surface area contributed by atoms with Gasteiger partial charge in [0.1, 0.15) is 16.6 Å². The minimum Gasteiger partial charge on any atom is -0.360 e. The van der Waals surface area contributed by atoms with Gasteiger partial charge in [0.05, 0.1) is 5.69 Å². The molecule has 1 N–H and O–H groups in total. The predicted molar refractivity (Wildman–Crippen MR) is 85.7 cm³/mol. The van der Waals surface area contributed by atoms with E-state index in [1.807, 2.05) is 5.38 Å². The van der Waals surface area contributed by atoms with Crippen LogP contribution in [0.15, 0.2) is 40.2 Å². The number of aryl methyl sites for hydroxylation is 2. The highest BCUT2D eigenvalue weighted by Crippen LogP contribution is 2.26. The van der Waals surface area contributed by atoms with E-state index in [1.165, 1.54) is 17.4 Å².